The molecular formula is C17H20F2O. The van der Waals surface area contributed by atoms with Crippen LogP contribution in [0.5, 0.6) is 0 Å². The van der Waals surface area contributed by atoms with E-state index in [4.69, 9.17) is 4.74 Å². The van der Waals surface area contributed by atoms with Crippen molar-refractivity contribution in [3.8, 4) is 0 Å². The molecule has 0 fully saturated rings. The number of ether oxygens (including phenoxy) is 1. The molecule has 0 amide bonds. The number of alkyl halides is 2. The predicted molar refractivity (Wildman–Crippen MR) is 77.9 cm³/mol. The molecule has 1 aromatic rings. The van der Waals surface area contributed by atoms with Crippen LogP contribution in [-0.2, 0) is 11.2 Å². The Bertz CT molecular complexity index is 502. The minimum atomic E-state index is -1.72. The molecule has 0 bridgehead atoms. The van der Waals surface area contributed by atoms with Crippen LogP contribution in [0, 0.1) is 0 Å². The van der Waals surface area contributed by atoms with E-state index in [1.54, 1.807) is 13.0 Å². The number of hydrogen-bond donors (Lipinski definition) is 0. The fourth-order valence-corrected chi connectivity index (χ4v) is 2.36. The zero-order valence-electron chi connectivity index (χ0n) is 11.9. The smallest absolute Gasteiger partial charge is 0.192 e. The third kappa shape index (κ3) is 3.09. The second kappa shape index (κ2) is 6.69. The summed E-state index contributed by atoms with van der Waals surface area (Å²) in [6, 6.07) is 7.66. The number of halogens is 2. The van der Waals surface area contributed by atoms with Crippen LogP contribution in [0.25, 0.3) is 5.57 Å². The Kier molecular flexibility index (Phi) is 4.94. The molecule has 0 saturated heterocycles. The van der Waals surface area contributed by atoms with E-state index < -0.39 is 12.3 Å². The fourth-order valence-electron chi connectivity index (χ4n) is 2.36. The van der Waals surface area contributed by atoms with E-state index in [2.05, 4.69) is 6.92 Å². The van der Waals surface area contributed by atoms with Gasteiger partial charge in [0.25, 0.3) is 0 Å². The minimum absolute atomic E-state index is 0.0753. The van der Waals surface area contributed by atoms with Gasteiger partial charge in [-0.1, -0.05) is 43.7 Å². The molecule has 1 aliphatic carbocycles. The summed E-state index contributed by atoms with van der Waals surface area (Å²) < 4.78 is 33.2. The molecule has 0 N–H and O–H groups in total. The summed E-state index contributed by atoms with van der Waals surface area (Å²) in [5, 5.41) is 0. The predicted octanol–water partition coefficient (Wildman–Crippen LogP) is 4.63. The first kappa shape index (κ1) is 14.8. The van der Waals surface area contributed by atoms with E-state index in [-0.39, 0.29) is 5.76 Å². The topological polar surface area (TPSA) is 9.23 Å². The summed E-state index contributed by atoms with van der Waals surface area (Å²) in [5.41, 5.74) is 2.32. The average Bonchev–Trinajstić information content (AvgIpc) is 2.46. The van der Waals surface area contributed by atoms with E-state index in [9.17, 15) is 8.78 Å². The van der Waals surface area contributed by atoms with Gasteiger partial charge in [0.05, 0.1) is 6.61 Å². The molecule has 0 aliphatic heterocycles. The molecule has 2 unspecified atom stereocenters. The molecule has 0 radical (unpaired) electrons. The van der Waals surface area contributed by atoms with Crippen LogP contribution in [0.2, 0.25) is 0 Å². The van der Waals surface area contributed by atoms with Crippen LogP contribution in [0.3, 0.4) is 0 Å². The Hall–Kier alpha value is -1.64. The number of rotatable bonds is 5. The Morgan fingerprint density at radius 2 is 1.70 bits per heavy atom. The maximum absolute atomic E-state index is 14.2. The van der Waals surface area contributed by atoms with Crippen molar-refractivity contribution >= 4 is 5.57 Å². The van der Waals surface area contributed by atoms with Crippen molar-refractivity contribution in [1.82, 2.24) is 0 Å². The molecule has 2 atom stereocenters. The molecular weight excluding hydrogens is 258 g/mol. The largest absolute Gasteiger partial charge is 0.495 e. The van der Waals surface area contributed by atoms with Crippen LogP contribution in [0.15, 0.2) is 42.2 Å². The van der Waals surface area contributed by atoms with Gasteiger partial charge < -0.3 is 4.74 Å². The lowest BCUT2D eigenvalue weighted by Crippen LogP contribution is -2.25. The summed E-state index contributed by atoms with van der Waals surface area (Å²) in [6.45, 7) is 4.21. The SMILES string of the molecule is CCCc1ccc(C2=CC=C(OCC)C(F)C2F)cc1. The number of aryl methyl sites for hydroxylation is 1. The average molecular weight is 278 g/mol. The molecule has 2 rings (SSSR count). The van der Waals surface area contributed by atoms with Crippen molar-refractivity contribution in [2.75, 3.05) is 6.61 Å². The number of benzene rings is 1. The minimum Gasteiger partial charge on any atom is -0.495 e. The van der Waals surface area contributed by atoms with Gasteiger partial charge in [-0.25, -0.2) is 8.78 Å². The summed E-state index contributed by atoms with van der Waals surface area (Å²) in [6.07, 6.45) is 1.82. The van der Waals surface area contributed by atoms with Crippen LogP contribution in [-0.4, -0.2) is 19.0 Å². The van der Waals surface area contributed by atoms with Crippen molar-refractivity contribution in [3.05, 3.63) is 53.3 Å². The lowest BCUT2D eigenvalue weighted by atomic mass is 9.92. The van der Waals surface area contributed by atoms with Crippen molar-refractivity contribution in [2.24, 2.45) is 0 Å². The van der Waals surface area contributed by atoms with E-state index in [1.165, 1.54) is 11.6 Å². The Morgan fingerprint density at radius 3 is 2.30 bits per heavy atom. The highest BCUT2D eigenvalue weighted by atomic mass is 19.2. The quantitative estimate of drug-likeness (QED) is 0.763. The van der Waals surface area contributed by atoms with Gasteiger partial charge in [-0.2, -0.15) is 0 Å². The van der Waals surface area contributed by atoms with Gasteiger partial charge in [-0.3, -0.25) is 0 Å². The summed E-state index contributed by atoms with van der Waals surface area (Å²) in [7, 11) is 0. The highest BCUT2D eigenvalue weighted by Gasteiger charge is 2.32. The molecule has 0 aromatic heterocycles. The van der Waals surface area contributed by atoms with Gasteiger partial charge in [-0.05, 0) is 36.1 Å². The standard InChI is InChI=1S/C17H20F2O/c1-3-5-12-6-8-13(9-7-12)14-10-11-15(20-4-2)17(19)16(14)18/h6-11,16-17H,3-5H2,1-2H3. The van der Waals surface area contributed by atoms with Crippen molar-refractivity contribution in [3.63, 3.8) is 0 Å². The first-order chi connectivity index (χ1) is 9.67. The Labute approximate surface area is 119 Å². The molecule has 3 heteroatoms. The zero-order chi connectivity index (χ0) is 14.5. The molecule has 20 heavy (non-hydrogen) atoms. The summed E-state index contributed by atoms with van der Waals surface area (Å²) in [5.74, 6) is 0.0753. The number of allylic oxidation sites excluding steroid dienone is 4. The fraction of sp³-hybridized carbons (Fsp3) is 0.412. The lowest BCUT2D eigenvalue weighted by Gasteiger charge is -2.23. The van der Waals surface area contributed by atoms with Gasteiger partial charge in [0.15, 0.2) is 12.3 Å². The van der Waals surface area contributed by atoms with E-state index in [0.29, 0.717) is 12.2 Å². The van der Waals surface area contributed by atoms with Crippen molar-refractivity contribution < 1.29 is 13.5 Å². The monoisotopic (exact) mass is 278 g/mol. The first-order valence-corrected chi connectivity index (χ1v) is 7.09. The van der Waals surface area contributed by atoms with E-state index in [0.717, 1.165) is 18.4 Å². The van der Waals surface area contributed by atoms with Gasteiger partial charge in [0.2, 0.25) is 0 Å². The van der Waals surface area contributed by atoms with Gasteiger partial charge in [-0.15, -0.1) is 0 Å². The molecule has 1 nitrogen and oxygen atoms in total. The lowest BCUT2D eigenvalue weighted by molar-refractivity contribution is 0.128. The van der Waals surface area contributed by atoms with Crippen LogP contribution in [0.1, 0.15) is 31.4 Å². The molecule has 1 aliphatic rings. The summed E-state index contributed by atoms with van der Waals surface area (Å²) in [4.78, 5) is 0. The Balaban J connectivity index is 2.23. The molecule has 108 valence electrons. The van der Waals surface area contributed by atoms with Crippen molar-refractivity contribution in [2.45, 2.75) is 39.0 Å². The molecule has 0 spiro atoms. The van der Waals surface area contributed by atoms with Crippen LogP contribution < -0.4 is 0 Å². The zero-order valence-corrected chi connectivity index (χ0v) is 11.9. The van der Waals surface area contributed by atoms with Gasteiger partial charge in [0, 0.05) is 0 Å². The third-order valence-electron chi connectivity index (χ3n) is 3.39. The highest BCUT2D eigenvalue weighted by molar-refractivity contribution is 5.73. The maximum atomic E-state index is 14.2. The van der Waals surface area contributed by atoms with Gasteiger partial charge >= 0.3 is 0 Å². The van der Waals surface area contributed by atoms with Gasteiger partial charge in [0.1, 0.15) is 5.76 Å². The Morgan fingerprint density at radius 1 is 1.00 bits per heavy atom. The van der Waals surface area contributed by atoms with E-state index in [1.807, 2.05) is 24.3 Å². The van der Waals surface area contributed by atoms with Crippen molar-refractivity contribution in [1.29, 1.82) is 0 Å². The van der Waals surface area contributed by atoms with E-state index >= 15 is 0 Å². The first-order valence-electron chi connectivity index (χ1n) is 7.09. The number of hydrogen-bond acceptors (Lipinski definition) is 1. The second-order valence-corrected chi connectivity index (χ2v) is 4.87. The van der Waals surface area contributed by atoms with Crippen LogP contribution >= 0.6 is 0 Å². The maximum Gasteiger partial charge on any atom is 0.192 e. The molecule has 0 saturated carbocycles. The molecule has 0 heterocycles. The second-order valence-electron chi connectivity index (χ2n) is 4.87. The van der Waals surface area contributed by atoms with Crippen LogP contribution in [0.4, 0.5) is 8.78 Å². The normalized spacial score (nSPS) is 22.2. The summed E-state index contributed by atoms with van der Waals surface area (Å²) >= 11 is 0. The molecule has 1 aromatic carbocycles. The third-order valence-corrected chi connectivity index (χ3v) is 3.39. The highest BCUT2D eigenvalue weighted by Crippen LogP contribution is 2.32.